The van der Waals surface area contributed by atoms with Crippen LogP contribution < -0.4 is 5.56 Å². The van der Waals surface area contributed by atoms with E-state index in [1.165, 1.54) is 6.33 Å². The van der Waals surface area contributed by atoms with E-state index in [9.17, 15) is 9.59 Å². The number of nitrogens with one attached hydrogen (secondary N) is 1. The smallest absolute Gasteiger partial charge is 0.258 e. The molecule has 1 N–H and O–H groups in total. The minimum atomic E-state index is -0.170. The average Bonchev–Trinajstić information content (AvgIpc) is 2.86. The van der Waals surface area contributed by atoms with Crippen molar-refractivity contribution < 1.29 is 4.79 Å². The summed E-state index contributed by atoms with van der Waals surface area (Å²) in [6.07, 6.45) is 3.80. The van der Waals surface area contributed by atoms with Crippen molar-refractivity contribution in [1.29, 1.82) is 0 Å². The van der Waals surface area contributed by atoms with Crippen molar-refractivity contribution in [3.8, 4) is 0 Å². The Morgan fingerprint density at radius 1 is 1.32 bits per heavy atom. The topological polar surface area (TPSA) is 80.6 Å². The van der Waals surface area contributed by atoms with E-state index in [1.54, 1.807) is 29.0 Å². The number of carbonyl (C=O) groups excluding carboxylic acids is 1. The number of rotatable bonds is 3. The van der Waals surface area contributed by atoms with Gasteiger partial charge in [0, 0.05) is 6.20 Å². The molecular weight excluding hydrogens is 244 g/mol. The Bertz CT molecular complexity index is 804. The summed E-state index contributed by atoms with van der Waals surface area (Å²) in [7, 11) is 0. The van der Waals surface area contributed by atoms with Crippen LogP contribution in [0.3, 0.4) is 0 Å². The van der Waals surface area contributed by atoms with Gasteiger partial charge in [0.25, 0.3) is 5.56 Å². The fourth-order valence-corrected chi connectivity index (χ4v) is 1.91. The zero-order valence-corrected chi connectivity index (χ0v) is 9.91. The van der Waals surface area contributed by atoms with E-state index in [1.807, 2.05) is 6.07 Å². The minimum Gasteiger partial charge on any atom is -0.329 e. The van der Waals surface area contributed by atoms with Crippen molar-refractivity contribution in [1.82, 2.24) is 19.5 Å². The Kier molecular flexibility index (Phi) is 2.68. The zero-order chi connectivity index (χ0) is 13.2. The standard InChI is InChI=1S/C13H10N4O2/c18-7-9-5-17(8-14-9)6-12-15-11-4-2-1-3-10(11)13(19)16-12/h1-5,7-8H,6H2,(H,15,16,19). The van der Waals surface area contributed by atoms with Crippen LogP contribution in [0.15, 0.2) is 41.6 Å². The lowest BCUT2D eigenvalue weighted by molar-refractivity contribution is 0.111. The van der Waals surface area contributed by atoms with E-state index in [2.05, 4.69) is 15.0 Å². The molecule has 94 valence electrons. The first-order valence-electron chi connectivity index (χ1n) is 5.71. The summed E-state index contributed by atoms with van der Waals surface area (Å²) in [6, 6.07) is 7.15. The van der Waals surface area contributed by atoms with Gasteiger partial charge in [0.15, 0.2) is 6.29 Å². The van der Waals surface area contributed by atoms with Crippen LogP contribution in [0.2, 0.25) is 0 Å². The molecule has 19 heavy (non-hydrogen) atoms. The number of carbonyl (C=O) groups is 1. The SMILES string of the molecule is O=Cc1cn(Cc2nc3ccccc3c(=O)[nH]2)cn1. The Labute approximate surface area is 107 Å². The molecule has 0 fully saturated rings. The quantitative estimate of drug-likeness (QED) is 0.706. The van der Waals surface area contributed by atoms with Crippen LogP contribution in [0.4, 0.5) is 0 Å². The van der Waals surface area contributed by atoms with Crippen LogP contribution in [0.1, 0.15) is 16.3 Å². The molecule has 0 radical (unpaired) electrons. The molecule has 6 heteroatoms. The lowest BCUT2D eigenvalue weighted by Crippen LogP contribution is -2.13. The maximum absolute atomic E-state index is 11.9. The van der Waals surface area contributed by atoms with Gasteiger partial charge in [-0.05, 0) is 12.1 Å². The molecule has 3 aromatic rings. The second-order valence-corrected chi connectivity index (χ2v) is 4.12. The van der Waals surface area contributed by atoms with Gasteiger partial charge in [-0.25, -0.2) is 9.97 Å². The first-order chi connectivity index (χ1) is 9.26. The molecule has 2 aromatic heterocycles. The van der Waals surface area contributed by atoms with Gasteiger partial charge in [-0.3, -0.25) is 9.59 Å². The van der Waals surface area contributed by atoms with Crippen LogP contribution in [0.5, 0.6) is 0 Å². The molecule has 0 atom stereocenters. The van der Waals surface area contributed by atoms with Crippen LogP contribution in [-0.2, 0) is 6.54 Å². The first-order valence-corrected chi connectivity index (χ1v) is 5.71. The number of nitrogens with zero attached hydrogens (tertiary/aromatic N) is 3. The van der Waals surface area contributed by atoms with E-state index in [0.29, 0.717) is 35.3 Å². The van der Waals surface area contributed by atoms with Crippen LogP contribution in [0.25, 0.3) is 10.9 Å². The molecule has 2 heterocycles. The average molecular weight is 254 g/mol. The van der Waals surface area contributed by atoms with Gasteiger partial charge in [-0.1, -0.05) is 12.1 Å². The van der Waals surface area contributed by atoms with Gasteiger partial charge in [-0.2, -0.15) is 0 Å². The van der Waals surface area contributed by atoms with Crippen molar-refractivity contribution in [2.24, 2.45) is 0 Å². The largest absolute Gasteiger partial charge is 0.329 e. The lowest BCUT2D eigenvalue weighted by atomic mass is 10.2. The molecule has 0 aliphatic carbocycles. The fraction of sp³-hybridized carbons (Fsp3) is 0.0769. The zero-order valence-electron chi connectivity index (χ0n) is 9.91. The Balaban J connectivity index is 2.01. The summed E-state index contributed by atoms with van der Waals surface area (Å²) in [5.41, 5.74) is 0.830. The van der Waals surface area contributed by atoms with Gasteiger partial charge in [0.1, 0.15) is 11.5 Å². The van der Waals surface area contributed by atoms with Crippen molar-refractivity contribution in [2.45, 2.75) is 6.54 Å². The van der Waals surface area contributed by atoms with E-state index < -0.39 is 0 Å². The highest BCUT2D eigenvalue weighted by atomic mass is 16.1. The monoisotopic (exact) mass is 254 g/mol. The highest BCUT2D eigenvalue weighted by molar-refractivity contribution is 5.77. The van der Waals surface area contributed by atoms with Crippen molar-refractivity contribution in [3.05, 3.63) is 58.7 Å². The van der Waals surface area contributed by atoms with E-state index >= 15 is 0 Å². The summed E-state index contributed by atoms with van der Waals surface area (Å²) in [5.74, 6) is 0.526. The minimum absolute atomic E-state index is 0.170. The summed E-state index contributed by atoms with van der Waals surface area (Å²) in [4.78, 5) is 33.4. The summed E-state index contributed by atoms with van der Waals surface area (Å²) in [6.45, 7) is 0.362. The van der Waals surface area contributed by atoms with E-state index in [-0.39, 0.29) is 5.56 Å². The van der Waals surface area contributed by atoms with Gasteiger partial charge >= 0.3 is 0 Å². The normalized spacial score (nSPS) is 10.7. The second-order valence-electron chi connectivity index (χ2n) is 4.12. The van der Waals surface area contributed by atoms with Crippen LogP contribution in [0, 0.1) is 0 Å². The number of imidazole rings is 1. The van der Waals surface area contributed by atoms with Crippen LogP contribution >= 0.6 is 0 Å². The lowest BCUT2D eigenvalue weighted by Gasteiger charge is -2.03. The van der Waals surface area contributed by atoms with Gasteiger partial charge < -0.3 is 9.55 Å². The van der Waals surface area contributed by atoms with Crippen molar-refractivity contribution in [3.63, 3.8) is 0 Å². The Morgan fingerprint density at radius 3 is 2.95 bits per heavy atom. The molecule has 0 aliphatic rings. The maximum Gasteiger partial charge on any atom is 0.258 e. The second kappa shape index (κ2) is 4.49. The third kappa shape index (κ3) is 2.15. The predicted octanol–water partition coefficient (Wildman–Crippen LogP) is 0.980. The summed E-state index contributed by atoms with van der Waals surface area (Å²) >= 11 is 0. The Morgan fingerprint density at radius 2 is 2.16 bits per heavy atom. The molecule has 3 rings (SSSR count). The number of aromatic nitrogens is 4. The number of hydrogen-bond acceptors (Lipinski definition) is 4. The number of H-pyrrole nitrogens is 1. The molecule has 0 saturated heterocycles. The number of para-hydroxylation sites is 1. The summed E-state index contributed by atoms with van der Waals surface area (Å²) in [5, 5.41) is 0.561. The third-order valence-electron chi connectivity index (χ3n) is 2.77. The molecule has 0 amide bonds. The number of hydrogen-bond donors (Lipinski definition) is 1. The molecule has 0 unspecified atom stereocenters. The van der Waals surface area contributed by atoms with Crippen molar-refractivity contribution >= 4 is 17.2 Å². The van der Waals surface area contributed by atoms with Gasteiger partial charge in [0.05, 0.1) is 23.8 Å². The van der Waals surface area contributed by atoms with E-state index in [0.717, 1.165) is 0 Å². The Hall–Kier alpha value is -2.76. The number of aromatic amines is 1. The molecule has 1 aromatic carbocycles. The van der Waals surface area contributed by atoms with Crippen LogP contribution in [-0.4, -0.2) is 25.8 Å². The molecule has 0 saturated carbocycles. The number of fused-ring (bicyclic) bond motifs is 1. The molecule has 0 bridgehead atoms. The van der Waals surface area contributed by atoms with E-state index in [4.69, 9.17) is 0 Å². The van der Waals surface area contributed by atoms with Crippen molar-refractivity contribution in [2.75, 3.05) is 0 Å². The fourth-order valence-electron chi connectivity index (χ4n) is 1.91. The highest BCUT2D eigenvalue weighted by Gasteiger charge is 2.04. The first kappa shape index (κ1) is 11.3. The maximum atomic E-state index is 11.9. The highest BCUT2D eigenvalue weighted by Crippen LogP contribution is 2.06. The number of aldehydes is 1. The molecule has 0 spiro atoms. The van der Waals surface area contributed by atoms with Gasteiger partial charge in [0.2, 0.25) is 0 Å². The third-order valence-corrected chi connectivity index (χ3v) is 2.77. The summed E-state index contributed by atoms with van der Waals surface area (Å²) < 4.78 is 1.69. The van der Waals surface area contributed by atoms with Gasteiger partial charge in [-0.15, -0.1) is 0 Å². The predicted molar refractivity (Wildman–Crippen MR) is 69.1 cm³/mol. The number of benzene rings is 1. The molecular formula is C13H10N4O2. The molecule has 0 aliphatic heterocycles. The molecule has 6 nitrogen and oxygen atoms in total.